The summed E-state index contributed by atoms with van der Waals surface area (Å²) in [5, 5.41) is 1.27. The van der Waals surface area contributed by atoms with Gasteiger partial charge < -0.3 is 9.64 Å². The molecule has 1 saturated heterocycles. The van der Waals surface area contributed by atoms with Crippen molar-refractivity contribution in [3.63, 3.8) is 0 Å². The number of methoxy groups -OCH3 is 1. The zero-order valence-electron chi connectivity index (χ0n) is 13.8. The van der Waals surface area contributed by atoms with E-state index in [1.54, 1.807) is 0 Å². The Bertz CT molecular complexity index is 723. The van der Waals surface area contributed by atoms with E-state index < -0.39 is 0 Å². The van der Waals surface area contributed by atoms with Gasteiger partial charge in [-0.2, -0.15) is 0 Å². The quantitative estimate of drug-likeness (QED) is 0.677. The summed E-state index contributed by atoms with van der Waals surface area (Å²) < 4.78 is 7.15. The van der Waals surface area contributed by atoms with Crippen molar-refractivity contribution in [1.29, 1.82) is 0 Å². The van der Waals surface area contributed by atoms with Crippen LogP contribution in [0.25, 0.3) is 10.9 Å². The summed E-state index contributed by atoms with van der Waals surface area (Å²) in [4.78, 5) is 7.34. The van der Waals surface area contributed by atoms with Crippen molar-refractivity contribution in [3.05, 3.63) is 33.5 Å². The number of halogens is 1. The fourth-order valence-electron chi connectivity index (χ4n) is 4.07. The molecule has 0 bridgehead atoms. The molecule has 0 spiro atoms. The van der Waals surface area contributed by atoms with Crippen LogP contribution in [0.1, 0.15) is 31.4 Å². The van der Waals surface area contributed by atoms with Crippen LogP contribution in [0.15, 0.2) is 24.3 Å². The third-order valence-corrected chi connectivity index (χ3v) is 5.90. The molecule has 1 aromatic heterocycles. The maximum Gasteiger partial charge on any atom is 0.0802 e. The molecule has 2 atom stereocenters. The predicted molar refractivity (Wildman–Crippen MR) is 103 cm³/mol. The van der Waals surface area contributed by atoms with Gasteiger partial charge in [-0.25, -0.2) is 0 Å². The van der Waals surface area contributed by atoms with Gasteiger partial charge in [-0.15, -0.1) is 0 Å². The first-order valence-corrected chi connectivity index (χ1v) is 9.61. The Hall–Kier alpha value is -0.880. The standard InChI is InChI=1S/C19H23IN2O/c1-12-10-18(15-8-7-14(20)11-16(15)21-12)22-9-3-4-17(22)19(23-2)13-5-6-13/h7-8,10-11,13,17,19H,3-6,9H2,1-2H3/t17?,19-/m0/s1. The highest BCUT2D eigenvalue weighted by atomic mass is 127. The molecule has 3 nitrogen and oxygen atoms in total. The molecule has 1 unspecified atom stereocenters. The maximum absolute atomic E-state index is 5.91. The van der Waals surface area contributed by atoms with Crippen LogP contribution in [0, 0.1) is 16.4 Å². The van der Waals surface area contributed by atoms with Gasteiger partial charge in [0.05, 0.1) is 17.7 Å². The monoisotopic (exact) mass is 422 g/mol. The number of fused-ring (bicyclic) bond motifs is 1. The molecule has 1 aromatic carbocycles. The molecule has 0 amide bonds. The number of ether oxygens (including phenoxy) is 1. The van der Waals surface area contributed by atoms with Gasteiger partial charge >= 0.3 is 0 Å². The molecule has 1 aliphatic carbocycles. The Balaban J connectivity index is 1.78. The van der Waals surface area contributed by atoms with E-state index in [1.807, 2.05) is 7.11 Å². The zero-order chi connectivity index (χ0) is 16.0. The largest absolute Gasteiger partial charge is 0.379 e. The molecule has 0 N–H and O–H groups in total. The van der Waals surface area contributed by atoms with Crippen LogP contribution in [0.3, 0.4) is 0 Å². The number of aryl methyl sites for hydroxylation is 1. The van der Waals surface area contributed by atoms with Crippen LogP contribution in [0.4, 0.5) is 5.69 Å². The van der Waals surface area contributed by atoms with Crippen molar-refractivity contribution in [2.75, 3.05) is 18.6 Å². The molecule has 0 radical (unpaired) electrons. The molecule has 2 fully saturated rings. The Morgan fingerprint density at radius 1 is 1.26 bits per heavy atom. The Labute approximate surface area is 151 Å². The summed E-state index contributed by atoms with van der Waals surface area (Å²) in [7, 11) is 1.89. The van der Waals surface area contributed by atoms with E-state index in [-0.39, 0.29) is 0 Å². The second-order valence-corrected chi connectivity index (χ2v) is 8.13. The lowest BCUT2D eigenvalue weighted by Crippen LogP contribution is -2.41. The van der Waals surface area contributed by atoms with Crippen molar-refractivity contribution in [1.82, 2.24) is 4.98 Å². The van der Waals surface area contributed by atoms with Crippen LogP contribution in [-0.4, -0.2) is 30.8 Å². The first-order chi connectivity index (χ1) is 11.2. The smallest absolute Gasteiger partial charge is 0.0802 e. The minimum Gasteiger partial charge on any atom is -0.379 e. The zero-order valence-corrected chi connectivity index (χ0v) is 15.9. The van der Waals surface area contributed by atoms with E-state index >= 15 is 0 Å². The molecule has 2 aromatic rings. The van der Waals surface area contributed by atoms with Crippen molar-refractivity contribution >= 4 is 39.2 Å². The van der Waals surface area contributed by atoms with E-state index in [0.29, 0.717) is 12.1 Å². The molecule has 23 heavy (non-hydrogen) atoms. The van der Waals surface area contributed by atoms with E-state index in [9.17, 15) is 0 Å². The molecular weight excluding hydrogens is 399 g/mol. The fraction of sp³-hybridized carbons (Fsp3) is 0.526. The van der Waals surface area contributed by atoms with Gasteiger partial charge in [0.15, 0.2) is 0 Å². The van der Waals surface area contributed by atoms with Gasteiger partial charge in [-0.3, -0.25) is 4.98 Å². The van der Waals surface area contributed by atoms with Crippen LogP contribution >= 0.6 is 22.6 Å². The number of hydrogen-bond donors (Lipinski definition) is 0. The highest BCUT2D eigenvalue weighted by Gasteiger charge is 2.41. The van der Waals surface area contributed by atoms with Crippen molar-refractivity contribution < 1.29 is 4.74 Å². The summed E-state index contributed by atoms with van der Waals surface area (Å²) in [6.45, 7) is 3.23. The van der Waals surface area contributed by atoms with Gasteiger partial charge in [-0.1, -0.05) is 0 Å². The SMILES string of the molecule is CO[C@@H](C1CC1)C1CCCN1c1cc(C)nc2cc(I)ccc12. The third kappa shape index (κ3) is 2.95. The number of anilines is 1. The summed E-state index contributed by atoms with van der Waals surface area (Å²) in [6, 6.07) is 9.37. The number of nitrogens with zero attached hydrogens (tertiary/aromatic N) is 2. The van der Waals surface area contributed by atoms with E-state index in [1.165, 1.54) is 40.3 Å². The number of aromatic nitrogens is 1. The maximum atomic E-state index is 5.91. The fourth-order valence-corrected chi connectivity index (χ4v) is 4.55. The normalized spacial score (nSPS) is 22.7. The average Bonchev–Trinajstić information content (AvgIpc) is 3.24. The lowest BCUT2D eigenvalue weighted by atomic mass is 10.0. The number of hydrogen-bond acceptors (Lipinski definition) is 3. The van der Waals surface area contributed by atoms with Crippen LogP contribution < -0.4 is 4.90 Å². The Morgan fingerprint density at radius 2 is 2.09 bits per heavy atom. The van der Waals surface area contributed by atoms with Crippen molar-refractivity contribution in [2.24, 2.45) is 5.92 Å². The van der Waals surface area contributed by atoms with Crippen molar-refractivity contribution in [2.45, 2.75) is 44.8 Å². The van der Waals surface area contributed by atoms with E-state index in [2.05, 4.69) is 58.7 Å². The van der Waals surface area contributed by atoms with Crippen molar-refractivity contribution in [3.8, 4) is 0 Å². The number of rotatable bonds is 4. The lowest BCUT2D eigenvalue weighted by Gasteiger charge is -2.33. The number of pyridine rings is 1. The van der Waals surface area contributed by atoms with Gasteiger partial charge in [0, 0.05) is 34.0 Å². The second kappa shape index (κ2) is 6.20. The second-order valence-electron chi connectivity index (χ2n) is 6.88. The van der Waals surface area contributed by atoms with Gasteiger partial charge in [0.2, 0.25) is 0 Å². The van der Waals surface area contributed by atoms with Gasteiger partial charge in [0.25, 0.3) is 0 Å². The first kappa shape index (κ1) is 15.6. The molecule has 2 heterocycles. The highest BCUT2D eigenvalue weighted by molar-refractivity contribution is 14.1. The average molecular weight is 422 g/mol. The van der Waals surface area contributed by atoms with Crippen LogP contribution in [-0.2, 0) is 4.74 Å². The summed E-state index contributed by atoms with van der Waals surface area (Å²) >= 11 is 2.36. The van der Waals surface area contributed by atoms with Gasteiger partial charge in [0.1, 0.15) is 0 Å². The topological polar surface area (TPSA) is 25.4 Å². The van der Waals surface area contributed by atoms with E-state index in [0.717, 1.165) is 23.7 Å². The van der Waals surface area contributed by atoms with Crippen LogP contribution in [0.5, 0.6) is 0 Å². The molecule has 1 aliphatic heterocycles. The van der Waals surface area contributed by atoms with Crippen LogP contribution in [0.2, 0.25) is 0 Å². The minimum atomic E-state index is 0.380. The molecule has 4 heteroatoms. The molecular formula is C19H23IN2O. The highest BCUT2D eigenvalue weighted by Crippen LogP contribution is 2.42. The summed E-state index contributed by atoms with van der Waals surface area (Å²) in [5.74, 6) is 0.765. The minimum absolute atomic E-state index is 0.380. The predicted octanol–water partition coefficient (Wildman–Crippen LogP) is 4.54. The molecule has 122 valence electrons. The molecule has 2 aliphatic rings. The Morgan fingerprint density at radius 3 is 2.83 bits per heavy atom. The third-order valence-electron chi connectivity index (χ3n) is 5.22. The Kier molecular flexibility index (Phi) is 4.22. The van der Waals surface area contributed by atoms with E-state index in [4.69, 9.17) is 9.72 Å². The first-order valence-electron chi connectivity index (χ1n) is 8.53. The molecule has 4 rings (SSSR count). The number of benzene rings is 1. The van der Waals surface area contributed by atoms with Gasteiger partial charge in [-0.05, 0) is 85.4 Å². The molecule has 1 saturated carbocycles. The summed E-state index contributed by atoms with van der Waals surface area (Å²) in [6.07, 6.45) is 5.53. The summed E-state index contributed by atoms with van der Waals surface area (Å²) in [5.41, 5.74) is 3.55. The lowest BCUT2D eigenvalue weighted by molar-refractivity contribution is 0.0637.